The quantitative estimate of drug-likeness (QED) is 0.512. The molecule has 6 heteroatoms. The van der Waals surface area contributed by atoms with Crippen molar-refractivity contribution < 1.29 is 26.7 Å². The zero-order chi connectivity index (χ0) is 10.6. The molecule has 1 aromatic carbocycles. The van der Waals surface area contributed by atoms with Gasteiger partial charge < -0.3 is 0 Å². The van der Waals surface area contributed by atoms with Crippen molar-refractivity contribution in [3.05, 3.63) is 35.4 Å². The van der Waals surface area contributed by atoms with Crippen LogP contribution in [0, 0.1) is 11.6 Å². The van der Waals surface area contributed by atoms with E-state index in [9.17, 15) is 22.0 Å². The highest BCUT2D eigenvalue weighted by atomic mass is 19.3. The van der Waals surface area contributed by atoms with Gasteiger partial charge in [0.05, 0.1) is 5.56 Å². The molecule has 0 spiro atoms. The molecule has 0 amide bonds. The first-order valence-corrected chi connectivity index (χ1v) is 3.60. The predicted octanol–water partition coefficient (Wildman–Crippen LogP) is 2.71. The standard InChI is InChI=1S/C8H3F5O/c9-5-3-1-2-4(6(5)10)7(11)8(12,13)14-7/h1-3H. The van der Waals surface area contributed by atoms with E-state index in [0.29, 0.717) is 12.1 Å². The van der Waals surface area contributed by atoms with Crippen LogP contribution in [0.5, 0.6) is 0 Å². The summed E-state index contributed by atoms with van der Waals surface area (Å²) in [6.07, 6.45) is -4.08. The second kappa shape index (κ2) is 2.44. The third-order valence-corrected chi connectivity index (χ3v) is 1.90. The third kappa shape index (κ3) is 1.03. The Hall–Kier alpha value is -1.17. The Morgan fingerprint density at radius 2 is 1.64 bits per heavy atom. The molecule has 0 radical (unpaired) electrons. The van der Waals surface area contributed by atoms with E-state index in [1.165, 1.54) is 0 Å². The maximum absolute atomic E-state index is 13.1. The molecule has 76 valence electrons. The molecule has 0 N–H and O–H groups in total. The lowest BCUT2D eigenvalue weighted by molar-refractivity contribution is -0.00190. The summed E-state index contributed by atoms with van der Waals surface area (Å²) < 4.78 is 66.5. The lowest BCUT2D eigenvalue weighted by Gasteiger charge is -2.03. The van der Waals surface area contributed by atoms with Crippen molar-refractivity contribution in [2.45, 2.75) is 12.0 Å². The molecule has 1 saturated heterocycles. The van der Waals surface area contributed by atoms with Crippen molar-refractivity contribution >= 4 is 0 Å². The minimum absolute atomic E-state index is 0.697. The van der Waals surface area contributed by atoms with Crippen LogP contribution in [0.3, 0.4) is 0 Å². The molecule has 0 aliphatic carbocycles. The van der Waals surface area contributed by atoms with Gasteiger partial charge in [0.15, 0.2) is 11.6 Å². The van der Waals surface area contributed by atoms with Crippen molar-refractivity contribution in [3.63, 3.8) is 0 Å². The fourth-order valence-corrected chi connectivity index (χ4v) is 1.12. The van der Waals surface area contributed by atoms with E-state index in [1.807, 2.05) is 0 Å². The molecule has 1 aliphatic rings. The van der Waals surface area contributed by atoms with Gasteiger partial charge in [-0.1, -0.05) is 6.07 Å². The Balaban J connectivity index is 2.49. The van der Waals surface area contributed by atoms with Gasteiger partial charge in [0.25, 0.3) is 0 Å². The number of hydrogen-bond acceptors (Lipinski definition) is 1. The molecule has 1 aliphatic heterocycles. The van der Waals surface area contributed by atoms with Crippen LogP contribution < -0.4 is 0 Å². The van der Waals surface area contributed by atoms with Crippen LogP contribution in [0.25, 0.3) is 0 Å². The summed E-state index contributed by atoms with van der Waals surface area (Å²) in [6, 6.07) is 2.33. The van der Waals surface area contributed by atoms with Crippen molar-refractivity contribution in [2.24, 2.45) is 0 Å². The smallest absolute Gasteiger partial charge is 0.266 e. The predicted molar refractivity (Wildman–Crippen MR) is 35.2 cm³/mol. The number of epoxide rings is 1. The third-order valence-electron chi connectivity index (χ3n) is 1.90. The van der Waals surface area contributed by atoms with Gasteiger partial charge in [0.1, 0.15) is 0 Å². The first kappa shape index (κ1) is 9.39. The average molecular weight is 210 g/mol. The molecule has 1 heterocycles. The molecule has 1 unspecified atom stereocenters. The number of benzene rings is 1. The van der Waals surface area contributed by atoms with Gasteiger partial charge in [0.2, 0.25) is 0 Å². The first-order valence-electron chi connectivity index (χ1n) is 3.60. The van der Waals surface area contributed by atoms with Crippen LogP contribution in [0.4, 0.5) is 22.0 Å². The zero-order valence-electron chi connectivity index (χ0n) is 6.53. The molecule has 2 rings (SSSR count). The molecule has 14 heavy (non-hydrogen) atoms. The second-order valence-corrected chi connectivity index (χ2v) is 2.82. The summed E-state index contributed by atoms with van der Waals surface area (Å²) >= 11 is 0. The molecule has 1 aromatic rings. The summed E-state index contributed by atoms with van der Waals surface area (Å²) in [7, 11) is 0. The van der Waals surface area contributed by atoms with E-state index >= 15 is 0 Å². The number of halogens is 5. The Morgan fingerprint density at radius 1 is 1.07 bits per heavy atom. The Morgan fingerprint density at radius 3 is 2.14 bits per heavy atom. The highest BCUT2D eigenvalue weighted by molar-refractivity contribution is 5.28. The fraction of sp³-hybridized carbons (Fsp3) is 0.250. The Labute approximate surface area is 75.1 Å². The topological polar surface area (TPSA) is 12.5 Å². The average Bonchev–Trinajstić information content (AvgIpc) is 2.58. The van der Waals surface area contributed by atoms with Crippen molar-refractivity contribution in [2.75, 3.05) is 0 Å². The Kier molecular flexibility index (Phi) is 1.64. The van der Waals surface area contributed by atoms with Crippen molar-refractivity contribution in [1.29, 1.82) is 0 Å². The molecule has 0 bridgehead atoms. The van der Waals surface area contributed by atoms with Gasteiger partial charge in [-0.25, -0.2) is 8.78 Å². The molecule has 0 aromatic heterocycles. The van der Waals surface area contributed by atoms with Gasteiger partial charge in [-0.3, -0.25) is 4.74 Å². The van der Waals surface area contributed by atoms with Crippen LogP contribution in [0.15, 0.2) is 18.2 Å². The fourth-order valence-electron chi connectivity index (χ4n) is 1.12. The number of ether oxygens (including phenoxy) is 1. The van der Waals surface area contributed by atoms with Gasteiger partial charge in [-0.05, 0) is 12.1 Å². The van der Waals surface area contributed by atoms with Crippen LogP contribution in [0.1, 0.15) is 5.56 Å². The minimum Gasteiger partial charge on any atom is -0.266 e. The van der Waals surface area contributed by atoms with E-state index in [-0.39, 0.29) is 0 Å². The first-order chi connectivity index (χ1) is 6.38. The monoisotopic (exact) mass is 210 g/mol. The summed E-state index contributed by atoms with van der Waals surface area (Å²) in [6.45, 7) is 0. The zero-order valence-corrected chi connectivity index (χ0v) is 6.53. The molecule has 0 saturated carbocycles. The van der Waals surface area contributed by atoms with E-state index in [1.54, 1.807) is 0 Å². The van der Waals surface area contributed by atoms with Crippen LogP contribution in [-0.4, -0.2) is 6.11 Å². The highest BCUT2D eigenvalue weighted by Gasteiger charge is 2.78. The second-order valence-electron chi connectivity index (χ2n) is 2.82. The summed E-state index contributed by atoms with van der Waals surface area (Å²) in [5.74, 6) is -6.59. The molecule has 1 atom stereocenters. The normalized spacial score (nSPS) is 28.9. The lowest BCUT2D eigenvalue weighted by atomic mass is 10.1. The lowest BCUT2D eigenvalue weighted by Crippen LogP contribution is -2.12. The molecule has 1 fully saturated rings. The van der Waals surface area contributed by atoms with E-state index in [2.05, 4.69) is 4.74 Å². The van der Waals surface area contributed by atoms with Gasteiger partial charge >= 0.3 is 12.0 Å². The van der Waals surface area contributed by atoms with Crippen LogP contribution >= 0.6 is 0 Å². The van der Waals surface area contributed by atoms with Crippen LogP contribution in [-0.2, 0) is 10.6 Å². The summed E-state index contributed by atoms with van der Waals surface area (Å²) in [4.78, 5) is 0. The highest BCUT2D eigenvalue weighted by Crippen LogP contribution is 2.59. The maximum Gasteiger partial charge on any atom is 0.422 e. The van der Waals surface area contributed by atoms with Gasteiger partial charge in [-0.15, -0.1) is 0 Å². The van der Waals surface area contributed by atoms with Gasteiger partial charge in [-0.2, -0.15) is 13.2 Å². The number of hydrogen-bond donors (Lipinski definition) is 0. The summed E-state index contributed by atoms with van der Waals surface area (Å²) in [5.41, 5.74) is -1.12. The maximum atomic E-state index is 13.1. The SMILES string of the molecule is Fc1cccc(C2(F)OC2(F)F)c1F. The van der Waals surface area contributed by atoms with E-state index < -0.39 is 29.2 Å². The van der Waals surface area contributed by atoms with E-state index in [0.717, 1.165) is 6.07 Å². The Bertz CT molecular complexity index is 391. The van der Waals surface area contributed by atoms with Crippen molar-refractivity contribution in [3.8, 4) is 0 Å². The van der Waals surface area contributed by atoms with Crippen LogP contribution in [0.2, 0.25) is 0 Å². The summed E-state index contributed by atoms with van der Waals surface area (Å²) in [5, 5.41) is 0. The number of alkyl halides is 3. The largest absolute Gasteiger partial charge is 0.422 e. The molecular formula is C8H3F5O. The molecular weight excluding hydrogens is 207 g/mol. The molecule has 1 nitrogen and oxygen atoms in total. The minimum atomic E-state index is -4.08. The van der Waals surface area contributed by atoms with Crippen molar-refractivity contribution in [1.82, 2.24) is 0 Å². The van der Waals surface area contributed by atoms with Gasteiger partial charge in [0, 0.05) is 0 Å². The number of rotatable bonds is 1. The van der Waals surface area contributed by atoms with E-state index in [4.69, 9.17) is 0 Å².